The fraction of sp³-hybridized carbons (Fsp3) is 0.318. The van der Waals surface area contributed by atoms with Crippen molar-refractivity contribution in [3.63, 3.8) is 0 Å². The van der Waals surface area contributed by atoms with Crippen molar-refractivity contribution in [3.05, 3.63) is 68.9 Å². The van der Waals surface area contributed by atoms with Crippen molar-refractivity contribution in [2.75, 3.05) is 23.3 Å². The average molecular weight is 392 g/mol. The van der Waals surface area contributed by atoms with E-state index in [-0.39, 0.29) is 11.5 Å². The molecule has 7 nitrogen and oxygen atoms in total. The van der Waals surface area contributed by atoms with Crippen LogP contribution in [0, 0.1) is 0 Å². The van der Waals surface area contributed by atoms with Gasteiger partial charge in [-0.25, -0.2) is 4.79 Å². The zero-order valence-corrected chi connectivity index (χ0v) is 16.4. The molecule has 0 radical (unpaired) electrons. The maximum Gasteiger partial charge on any atom is 0.328 e. The number of fused-ring (bicyclic) bond motifs is 1. The highest BCUT2D eigenvalue weighted by Gasteiger charge is 2.13. The number of anilines is 2. The van der Waals surface area contributed by atoms with E-state index in [0.717, 1.165) is 23.3 Å². The summed E-state index contributed by atoms with van der Waals surface area (Å²) < 4.78 is 1.13. The molecule has 0 unspecified atom stereocenters. The Morgan fingerprint density at radius 3 is 2.45 bits per heavy atom. The fourth-order valence-electron chi connectivity index (χ4n) is 3.79. The predicted octanol–water partition coefficient (Wildman–Crippen LogP) is 2.95. The zero-order valence-electron chi connectivity index (χ0n) is 16.4. The Morgan fingerprint density at radius 1 is 1.03 bits per heavy atom. The van der Waals surface area contributed by atoms with Crippen LogP contribution < -0.4 is 21.5 Å². The van der Waals surface area contributed by atoms with Gasteiger partial charge in [0.05, 0.1) is 10.9 Å². The Morgan fingerprint density at radius 2 is 1.76 bits per heavy atom. The van der Waals surface area contributed by atoms with Gasteiger partial charge in [0.15, 0.2) is 0 Å². The summed E-state index contributed by atoms with van der Waals surface area (Å²) in [5, 5.41) is 3.26. The number of rotatable bonds is 4. The van der Waals surface area contributed by atoms with Gasteiger partial charge in [0.2, 0.25) is 0 Å². The summed E-state index contributed by atoms with van der Waals surface area (Å²) in [7, 11) is 0. The van der Waals surface area contributed by atoms with Crippen molar-refractivity contribution in [1.29, 1.82) is 0 Å². The quantitative estimate of drug-likeness (QED) is 0.715. The first kappa shape index (κ1) is 19.0. The molecule has 0 bridgehead atoms. The van der Waals surface area contributed by atoms with Crippen molar-refractivity contribution in [2.45, 2.75) is 32.7 Å². The topological polar surface area (TPSA) is 87.2 Å². The molecule has 1 fully saturated rings. The normalized spacial score (nSPS) is 14.2. The lowest BCUT2D eigenvalue weighted by Crippen LogP contribution is -2.34. The van der Waals surface area contributed by atoms with Crippen LogP contribution in [-0.2, 0) is 6.54 Å². The number of hydrogen-bond acceptors (Lipinski definition) is 4. The van der Waals surface area contributed by atoms with E-state index in [9.17, 15) is 14.4 Å². The van der Waals surface area contributed by atoms with Gasteiger partial charge in [0, 0.05) is 36.6 Å². The zero-order chi connectivity index (χ0) is 20.4. The van der Waals surface area contributed by atoms with Gasteiger partial charge in [-0.05, 0) is 68.7 Å². The number of benzene rings is 2. The van der Waals surface area contributed by atoms with Crippen LogP contribution in [0.25, 0.3) is 10.9 Å². The second-order valence-corrected chi connectivity index (χ2v) is 7.29. The van der Waals surface area contributed by atoms with Crippen LogP contribution in [0.15, 0.2) is 52.1 Å². The second kappa shape index (κ2) is 7.95. The summed E-state index contributed by atoms with van der Waals surface area (Å²) in [5.41, 5.74) is 1.77. The van der Waals surface area contributed by atoms with Crippen molar-refractivity contribution >= 4 is 28.2 Å². The van der Waals surface area contributed by atoms with E-state index in [2.05, 4.69) is 15.2 Å². The minimum atomic E-state index is -0.476. The molecule has 1 amide bonds. The first-order chi connectivity index (χ1) is 14.1. The van der Waals surface area contributed by atoms with Gasteiger partial charge in [0.1, 0.15) is 0 Å². The molecule has 1 aliphatic heterocycles. The van der Waals surface area contributed by atoms with E-state index in [1.807, 2.05) is 24.3 Å². The maximum absolute atomic E-state index is 12.6. The third-order valence-corrected chi connectivity index (χ3v) is 5.41. The minimum absolute atomic E-state index is 0.291. The lowest BCUT2D eigenvalue weighted by atomic mass is 10.1. The van der Waals surface area contributed by atoms with Crippen LogP contribution in [0.3, 0.4) is 0 Å². The number of hydrogen-bond donors (Lipinski definition) is 2. The summed E-state index contributed by atoms with van der Waals surface area (Å²) in [5.74, 6) is -0.293. The highest BCUT2D eigenvalue weighted by molar-refractivity contribution is 6.06. The molecular formula is C22H24N4O3. The molecule has 0 aliphatic carbocycles. The summed E-state index contributed by atoms with van der Waals surface area (Å²) in [6, 6.07) is 12.5. The van der Waals surface area contributed by atoms with Gasteiger partial charge >= 0.3 is 5.69 Å². The van der Waals surface area contributed by atoms with Crippen LogP contribution >= 0.6 is 0 Å². The van der Waals surface area contributed by atoms with E-state index in [1.165, 1.54) is 25.3 Å². The number of H-pyrrole nitrogens is 1. The van der Waals surface area contributed by atoms with E-state index < -0.39 is 5.69 Å². The summed E-state index contributed by atoms with van der Waals surface area (Å²) >= 11 is 0. The number of nitrogens with one attached hydrogen (secondary N) is 2. The smallest absolute Gasteiger partial charge is 0.328 e. The minimum Gasteiger partial charge on any atom is -0.372 e. The van der Waals surface area contributed by atoms with Crippen molar-refractivity contribution in [3.8, 4) is 0 Å². The van der Waals surface area contributed by atoms with Gasteiger partial charge < -0.3 is 15.2 Å². The van der Waals surface area contributed by atoms with E-state index in [4.69, 9.17) is 0 Å². The lowest BCUT2D eigenvalue weighted by Gasteiger charge is -2.28. The number of amides is 1. The van der Waals surface area contributed by atoms with Gasteiger partial charge in [-0.2, -0.15) is 0 Å². The molecular weight excluding hydrogens is 368 g/mol. The molecule has 2 aromatic carbocycles. The number of nitrogens with zero attached hydrogens (tertiary/aromatic N) is 2. The number of carbonyl (C=O) groups excluding carboxylic acids is 1. The largest absolute Gasteiger partial charge is 0.372 e. The molecule has 4 rings (SSSR count). The highest BCUT2D eigenvalue weighted by atomic mass is 16.2. The van der Waals surface area contributed by atoms with E-state index in [0.29, 0.717) is 28.7 Å². The lowest BCUT2D eigenvalue weighted by molar-refractivity contribution is 0.102. The van der Waals surface area contributed by atoms with E-state index in [1.54, 1.807) is 19.1 Å². The van der Waals surface area contributed by atoms with Gasteiger partial charge in [-0.1, -0.05) is 0 Å². The number of piperidine rings is 1. The Bertz CT molecular complexity index is 1160. The second-order valence-electron chi connectivity index (χ2n) is 7.29. The maximum atomic E-state index is 12.6. The SMILES string of the molecule is CCn1c(=O)[nH]c2cc(C(=O)Nc3ccc(N4CCCCC4)cc3)ccc2c1=O. The highest BCUT2D eigenvalue weighted by Crippen LogP contribution is 2.22. The van der Waals surface area contributed by atoms with E-state index >= 15 is 0 Å². The Balaban J connectivity index is 1.54. The molecule has 3 aromatic rings. The molecule has 1 aliphatic rings. The molecule has 1 saturated heterocycles. The molecule has 0 spiro atoms. The van der Waals surface area contributed by atoms with Crippen molar-refractivity contribution in [1.82, 2.24) is 9.55 Å². The molecule has 2 heterocycles. The summed E-state index contributed by atoms with van der Waals surface area (Å²) in [4.78, 5) is 42.1. The van der Waals surface area contributed by atoms with Gasteiger partial charge in [0.25, 0.3) is 11.5 Å². The van der Waals surface area contributed by atoms with Crippen LogP contribution in [0.4, 0.5) is 11.4 Å². The molecule has 1 aromatic heterocycles. The van der Waals surface area contributed by atoms with Gasteiger partial charge in [-0.15, -0.1) is 0 Å². The summed E-state index contributed by atoms with van der Waals surface area (Å²) in [6.07, 6.45) is 3.71. The van der Waals surface area contributed by atoms with Crippen LogP contribution in [0.5, 0.6) is 0 Å². The van der Waals surface area contributed by atoms with Crippen LogP contribution in [-0.4, -0.2) is 28.5 Å². The fourth-order valence-corrected chi connectivity index (χ4v) is 3.79. The van der Waals surface area contributed by atoms with Gasteiger partial charge in [-0.3, -0.25) is 14.2 Å². The average Bonchev–Trinajstić information content (AvgIpc) is 2.75. The molecule has 150 valence electrons. The Labute approximate surface area is 168 Å². The third kappa shape index (κ3) is 3.81. The number of aromatic nitrogens is 2. The number of aromatic amines is 1. The first-order valence-electron chi connectivity index (χ1n) is 10.00. The van der Waals surface area contributed by atoms with Crippen LogP contribution in [0.1, 0.15) is 36.5 Å². The first-order valence-corrected chi connectivity index (χ1v) is 10.00. The summed E-state index contributed by atoms with van der Waals surface area (Å²) in [6.45, 7) is 4.17. The Kier molecular flexibility index (Phi) is 5.20. The molecule has 0 saturated carbocycles. The molecule has 29 heavy (non-hydrogen) atoms. The standard InChI is InChI=1S/C22H24N4O3/c1-2-26-21(28)18-11-6-15(14-19(18)24-22(26)29)20(27)23-16-7-9-17(10-8-16)25-12-4-3-5-13-25/h6-11,14H,2-5,12-13H2,1H3,(H,23,27)(H,24,29). The third-order valence-electron chi connectivity index (χ3n) is 5.41. The monoisotopic (exact) mass is 392 g/mol. The molecule has 7 heteroatoms. The Hall–Kier alpha value is -3.35. The van der Waals surface area contributed by atoms with Crippen molar-refractivity contribution < 1.29 is 4.79 Å². The molecule has 2 N–H and O–H groups in total. The number of carbonyl (C=O) groups is 1. The van der Waals surface area contributed by atoms with Crippen LogP contribution in [0.2, 0.25) is 0 Å². The predicted molar refractivity (Wildman–Crippen MR) is 115 cm³/mol. The molecule has 0 atom stereocenters. The van der Waals surface area contributed by atoms with Crippen molar-refractivity contribution in [2.24, 2.45) is 0 Å².